The predicted octanol–water partition coefficient (Wildman–Crippen LogP) is 4.09. The molecule has 0 aliphatic rings. The first-order chi connectivity index (χ1) is 9.16. The van der Waals surface area contributed by atoms with Crippen LogP contribution in [-0.4, -0.2) is 15.3 Å². The highest BCUT2D eigenvalue weighted by molar-refractivity contribution is 6.49. The molecule has 1 unspecified atom stereocenters. The Kier molecular flexibility index (Phi) is 4.57. The summed E-state index contributed by atoms with van der Waals surface area (Å²) in [5, 5.41) is 0. The normalized spacial score (nSPS) is 13.1. The van der Waals surface area contributed by atoms with Crippen molar-refractivity contribution in [3.05, 3.63) is 54.0 Å². The van der Waals surface area contributed by atoms with Crippen molar-refractivity contribution in [3.63, 3.8) is 0 Å². The number of aliphatic imine (C=N–C) groups is 1. The number of nitrogens with zero attached hydrogens (tertiary/aromatic N) is 1. The minimum atomic E-state index is -0.766. The Morgan fingerprint density at radius 3 is 2.74 bits per heavy atom. The van der Waals surface area contributed by atoms with Gasteiger partial charge in [0.05, 0.1) is 18.6 Å². The van der Waals surface area contributed by atoms with Gasteiger partial charge in [-0.3, -0.25) is 4.99 Å². The van der Waals surface area contributed by atoms with E-state index in [9.17, 15) is 0 Å². The van der Waals surface area contributed by atoms with Crippen molar-refractivity contribution in [2.24, 2.45) is 4.99 Å². The van der Waals surface area contributed by atoms with Crippen LogP contribution in [-0.2, 0) is 0 Å². The van der Waals surface area contributed by atoms with Crippen LogP contribution in [0.2, 0.25) is 13.1 Å². The number of benzene rings is 1. The molecule has 1 aromatic carbocycles. The van der Waals surface area contributed by atoms with E-state index in [1.54, 1.807) is 12.5 Å². The number of para-hydroxylation sites is 1. The van der Waals surface area contributed by atoms with Crippen LogP contribution in [0.15, 0.2) is 52.3 Å². The minimum absolute atomic E-state index is 0.0625. The van der Waals surface area contributed by atoms with Crippen LogP contribution in [0.3, 0.4) is 0 Å². The lowest BCUT2D eigenvalue weighted by Crippen LogP contribution is -2.13. The van der Waals surface area contributed by atoms with E-state index in [1.807, 2.05) is 30.5 Å². The van der Waals surface area contributed by atoms with Gasteiger partial charge in [0.2, 0.25) is 0 Å². The molecule has 19 heavy (non-hydrogen) atoms. The van der Waals surface area contributed by atoms with E-state index in [0.717, 1.165) is 16.9 Å². The molecule has 0 N–H and O–H groups in total. The molecule has 2 aromatic rings. The van der Waals surface area contributed by atoms with Gasteiger partial charge >= 0.3 is 0 Å². The molecule has 1 aromatic heterocycles. The van der Waals surface area contributed by atoms with Crippen molar-refractivity contribution in [2.45, 2.75) is 26.1 Å². The zero-order valence-corrected chi connectivity index (χ0v) is 12.5. The molecule has 0 fully saturated rings. The highest BCUT2D eigenvalue weighted by atomic mass is 28.3. The van der Waals surface area contributed by atoms with Gasteiger partial charge in [-0.1, -0.05) is 18.2 Å². The summed E-state index contributed by atoms with van der Waals surface area (Å²) in [7, 11) is -0.766. The Morgan fingerprint density at radius 1 is 1.26 bits per heavy atom. The SMILES string of the molecule is CC(N=Cc1ccoc1)c1ccccc1O[Si](C)C. The second kappa shape index (κ2) is 6.38. The highest BCUT2D eigenvalue weighted by Crippen LogP contribution is 2.27. The van der Waals surface area contributed by atoms with Crippen LogP contribution in [0.5, 0.6) is 5.75 Å². The largest absolute Gasteiger partial charge is 0.542 e. The zero-order valence-electron chi connectivity index (χ0n) is 11.5. The van der Waals surface area contributed by atoms with Crippen LogP contribution < -0.4 is 4.43 Å². The van der Waals surface area contributed by atoms with E-state index in [4.69, 9.17) is 8.84 Å². The summed E-state index contributed by atoms with van der Waals surface area (Å²) in [6.07, 6.45) is 5.15. The fraction of sp³-hybridized carbons (Fsp3) is 0.267. The van der Waals surface area contributed by atoms with Gasteiger partial charge < -0.3 is 8.84 Å². The van der Waals surface area contributed by atoms with E-state index in [2.05, 4.69) is 31.1 Å². The molecule has 0 spiro atoms. The maximum Gasteiger partial charge on any atom is 0.274 e. The molecular weight excluding hydrogens is 254 g/mol. The van der Waals surface area contributed by atoms with Gasteiger partial charge in [0.15, 0.2) is 0 Å². The Hall–Kier alpha value is -1.81. The van der Waals surface area contributed by atoms with E-state index < -0.39 is 9.04 Å². The zero-order chi connectivity index (χ0) is 13.7. The summed E-state index contributed by atoms with van der Waals surface area (Å²) in [5.74, 6) is 0.943. The topological polar surface area (TPSA) is 34.7 Å². The molecule has 0 bridgehead atoms. The summed E-state index contributed by atoms with van der Waals surface area (Å²) >= 11 is 0. The van der Waals surface area contributed by atoms with Crippen molar-refractivity contribution in [1.82, 2.24) is 0 Å². The molecule has 4 heteroatoms. The molecule has 1 radical (unpaired) electrons. The van der Waals surface area contributed by atoms with Gasteiger partial charge in [-0.05, 0) is 32.2 Å². The van der Waals surface area contributed by atoms with Gasteiger partial charge in [-0.2, -0.15) is 0 Å². The minimum Gasteiger partial charge on any atom is -0.542 e. The first-order valence-electron chi connectivity index (χ1n) is 6.29. The Morgan fingerprint density at radius 2 is 2.05 bits per heavy atom. The summed E-state index contributed by atoms with van der Waals surface area (Å²) in [5.41, 5.74) is 2.09. The average Bonchev–Trinajstić information content (AvgIpc) is 2.89. The first kappa shape index (κ1) is 13.6. The van der Waals surface area contributed by atoms with Crippen LogP contribution in [0.4, 0.5) is 0 Å². The second-order valence-electron chi connectivity index (χ2n) is 4.56. The van der Waals surface area contributed by atoms with Crippen molar-refractivity contribution >= 4 is 15.3 Å². The second-order valence-corrected chi connectivity index (χ2v) is 6.58. The summed E-state index contributed by atoms with van der Waals surface area (Å²) in [6.45, 7) is 6.32. The maximum atomic E-state index is 5.91. The third-order valence-corrected chi connectivity index (χ3v) is 3.30. The van der Waals surface area contributed by atoms with E-state index >= 15 is 0 Å². The fourth-order valence-corrected chi connectivity index (χ4v) is 2.39. The number of rotatable bonds is 5. The van der Waals surface area contributed by atoms with Crippen LogP contribution in [0.1, 0.15) is 24.1 Å². The van der Waals surface area contributed by atoms with E-state index in [-0.39, 0.29) is 6.04 Å². The summed E-state index contributed by atoms with van der Waals surface area (Å²) in [4.78, 5) is 4.55. The first-order valence-corrected chi connectivity index (χ1v) is 8.70. The van der Waals surface area contributed by atoms with E-state index in [1.165, 1.54) is 0 Å². The third-order valence-electron chi connectivity index (χ3n) is 2.67. The van der Waals surface area contributed by atoms with Crippen molar-refractivity contribution in [3.8, 4) is 5.75 Å². The summed E-state index contributed by atoms with van der Waals surface area (Å²) < 4.78 is 10.9. The summed E-state index contributed by atoms with van der Waals surface area (Å²) in [6, 6.07) is 10.0. The Bertz CT molecular complexity index is 535. The molecule has 1 atom stereocenters. The lowest BCUT2D eigenvalue weighted by Gasteiger charge is -2.15. The molecule has 0 saturated carbocycles. The Labute approximate surface area is 115 Å². The lowest BCUT2D eigenvalue weighted by molar-refractivity contribution is 0.563. The van der Waals surface area contributed by atoms with Gasteiger partial charge in [0.1, 0.15) is 5.75 Å². The van der Waals surface area contributed by atoms with Crippen molar-refractivity contribution in [1.29, 1.82) is 0 Å². The standard InChI is InChI=1S/C15H18NO2Si/c1-12(16-10-13-8-9-17-11-13)14-6-4-5-7-15(14)18-19(2)3/h4-12H,1-3H3. The third kappa shape index (κ3) is 3.82. The van der Waals surface area contributed by atoms with E-state index in [0.29, 0.717) is 0 Å². The highest BCUT2D eigenvalue weighted by Gasteiger charge is 2.11. The number of hydrogen-bond acceptors (Lipinski definition) is 3. The lowest BCUT2D eigenvalue weighted by atomic mass is 10.1. The molecule has 99 valence electrons. The monoisotopic (exact) mass is 272 g/mol. The predicted molar refractivity (Wildman–Crippen MR) is 79.3 cm³/mol. The van der Waals surface area contributed by atoms with Crippen molar-refractivity contribution < 1.29 is 8.84 Å². The fourth-order valence-electron chi connectivity index (χ4n) is 1.77. The van der Waals surface area contributed by atoms with Gasteiger partial charge in [-0.15, -0.1) is 0 Å². The van der Waals surface area contributed by atoms with Gasteiger partial charge in [0.25, 0.3) is 9.04 Å². The molecule has 0 aliphatic heterocycles. The maximum absolute atomic E-state index is 5.91. The average molecular weight is 272 g/mol. The molecule has 0 amide bonds. The number of hydrogen-bond donors (Lipinski definition) is 0. The van der Waals surface area contributed by atoms with Crippen LogP contribution in [0, 0.1) is 0 Å². The molecule has 0 saturated heterocycles. The smallest absolute Gasteiger partial charge is 0.274 e. The molecule has 0 aliphatic carbocycles. The van der Waals surface area contributed by atoms with Gasteiger partial charge in [-0.25, -0.2) is 0 Å². The Balaban J connectivity index is 2.16. The molecule has 1 heterocycles. The van der Waals surface area contributed by atoms with Crippen molar-refractivity contribution in [2.75, 3.05) is 0 Å². The van der Waals surface area contributed by atoms with Crippen LogP contribution in [0.25, 0.3) is 0 Å². The molecule has 3 nitrogen and oxygen atoms in total. The quantitative estimate of drug-likeness (QED) is 0.607. The van der Waals surface area contributed by atoms with Gasteiger partial charge in [0, 0.05) is 17.3 Å². The van der Waals surface area contributed by atoms with Crippen LogP contribution >= 0.6 is 0 Å². The molecule has 2 rings (SSSR count). The molecular formula is C15H18NO2Si. The number of furan rings is 1.